The second-order valence-corrected chi connectivity index (χ2v) is 9.18. The van der Waals surface area contributed by atoms with Gasteiger partial charge in [-0.15, -0.1) is 0 Å². The molecule has 0 amide bonds. The number of Topliss-reactive ketones (excluding diaryl/α,β-unsaturated/α-hetero) is 1. The predicted molar refractivity (Wildman–Crippen MR) is 114 cm³/mol. The quantitative estimate of drug-likeness (QED) is 0.687. The molecule has 1 heterocycles. The first-order chi connectivity index (χ1) is 13.3. The van der Waals surface area contributed by atoms with E-state index in [-0.39, 0.29) is 23.8 Å². The van der Waals surface area contributed by atoms with Gasteiger partial charge in [-0.2, -0.15) is 0 Å². The molecule has 1 aliphatic carbocycles. The lowest BCUT2D eigenvalue weighted by Crippen LogP contribution is -2.48. The molecule has 2 aromatic rings. The molecule has 0 aromatic heterocycles. The van der Waals surface area contributed by atoms with Crippen molar-refractivity contribution in [2.75, 3.05) is 5.32 Å². The Labute approximate surface area is 174 Å². The third-order valence-corrected chi connectivity index (χ3v) is 6.09. The predicted octanol–water partition coefficient (Wildman–Crippen LogP) is 5.41. The first-order valence-corrected chi connectivity index (χ1v) is 10.1. The lowest BCUT2D eigenvalue weighted by molar-refractivity contribution is -0.125. The minimum Gasteiger partial charge on any atom is -0.392 e. The summed E-state index contributed by atoms with van der Waals surface area (Å²) in [5.41, 5.74) is 3.44. The van der Waals surface area contributed by atoms with E-state index in [0.717, 1.165) is 12.1 Å². The van der Waals surface area contributed by atoms with E-state index in [1.807, 2.05) is 24.3 Å². The van der Waals surface area contributed by atoms with Gasteiger partial charge in [-0.1, -0.05) is 55.2 Å². The van der Waals surface area contributed by atoms with Crippen molar-refractivity contribution < 1.29 is 9.90 Å². The van der Waals surface area contributed by atoms with E-state index >= 15 is 0 Å². The van der Waals surface area contributed by atoms with Crippen molar-refractivity contribution in [3.05, 3.63) is 57.6 Å². The maximum absolute atomic E-state index is 13.2. The van der Waals surface area contributed by atoms with Crippen LogP contribution in [0.15, 0.2) is 41.4 Å². The first kappa shape index (κ1) is 19.4. The highest BCUT2D eigenvalue weighted by molar-refractivity contribution is 6.37. The number of aliphatic hydroxyl groups excluding tert-OH is 1. The van der Waals surface area contributed by atoms with Gasteiger partial charge in [0.25, 0.3) is 0 Å². The number of halogens is 2. The van der Waals surface area contributed by atoms with Gasteiger partial charge in [0, 0.05) is 28.6 Å². The number of carbonyl (C=O) groups excluding carboxylic acids is 1. The number of hydrogen-bond donors (Lipinski definition) is 2. The topological polar surface area (TPSA) is 61.7 Å². The molecule has 0 bridgehead atoms. The van der Waals surface area contributed by atoms with Gasteiger partial charge in [0.2, 0.25) is 0 Å². The van der Waals surface area contributed by atoms with E-state index in [1.165, 1.54) is 0 Å². The van der Waals surface area contributed by atoms with E-state index in [1.54, 1.807) is 12.1 Å². The van der Waals surface area contributed by atoms with E-state index in [2.05, 4.69) is 19.2 Å². The third kappa shape index (κ3) is 3.45. The van der Waals surface area contributed by atoms with Crippen LogP contribution in [0.4, 0.5) is 11.4 Å². The average Bonchev–Trinajstić information content (AvgIpc) is 2.76. The number of rotatable bonds is 2. The van der Waals surface area contributed by atoms with Crippen LogP contribution in [0.5, 0.6) is 0 Å². The van der Waals surface area contributed by atoms with E-state index in [4.69, 9.17) is 28.2 Å². The Bertz CT molecular complexity index is 984. The van der Waals surface area contributed by atoms with Crippen LogP contribution >= 0.6 is 23.2 Å². The van der Waals surface area contributed by atoms with E-state index < -0.39 is 5.92 Å². The van der Waals surface area contributed by atoms with Crippen molar-refractivity contribution in [3.8, 4) is 0 Å². The monoisotopic (exact) mass is 416 g/mol. The minimum absolute atomic E-state index is 0.0980. The fourth-order valence-corrected chi connectivity index (χ4v) is 4.86. The third-order valence-electron chi connectivity index (χ3n) is 5.54. The lowest BCUT2D eigenvalue weighted by Gasteiger charge is -2.40. The summed E-state index contributed by atoms with van der Waals surface area (Å²) < 4.78 is 0. The van der Waals surface area contributed by atoms with E-state index in [0.29, 0.717) is 39.0 Å². The molecule has 1 saturated carbocycles. The molecule has 2 atom stereocenters. The maximum Gasteiger partial charge on any atom is 0.144 e. The van der Waals surface area contributed by atoms with Gasteiger partial charge >= 0.3 is 0 Å². The van der Waals surface area contributed by atoms with Crippen LogP contribution < -0.4 is 5.32 Å². The summed E-state index contributed by atoms with van der Waals surface area (Å²) in [5.74, 6) is -0.262. The number of para-hydroxylation sites is 1. The highest BCUT2D eigenvalue weighted by atomic mass is 35.5. The lowest BCUT2D eigenvalue weighted by atomic mass is 9.67. The molecule has 1 fully saturated rings. The summed E-state index contributed by atoms with van der Waals surface area (Å²) in [6, 6.07) is 10.8. The van der Waals surface area contributed by atoms with Gasteiger partial charge in [0.1, 0.15) is 5.78 Å². The number of ketones is 1. The Morgan fingerprint density at radius 1 is 1.25 bits per heavy atom. The van der Waals surface area contributed by atoms with Crippen LogP contribution in [-0.2, 0) is 11.4 Å². The number of nitrogens with zero attached hydrogens (tertiary/aromatic N) is 1. The number of hydrogen-bond acceptors (Lipinski definition) is 4. The second-order valence-electron chi connectivity index (χ2n) is 8.33. The van der Waals surface area contributed by atoms with Gasteiger partial charge in [-0.25, -0.2) is 4.99 Å². The van der Waals surface area contributed by atoms with Crippen LogP contribution in [0.2, 0.25) is 10.0 Å². The molecular formula is C22H22Cl2N2O2. The Balaban J connectivity index is 1.95. The van der Waals surface area contributed by atoms with Crippen molar-refractivity contribution >= 4 is 46.1 Å². The number of carbonyl (C=O) groups is 1. The molecule has 2 aliphatic rings. The number of nitrogens with one attached hydrogen (secondary N) is 1. The van der Waals surface area contributed by atoms with Gasteiger partial charge in [-0.05, 0) is 30.0 Å². The Morgan fingerprint density at radius 3 is 2.75 bits per heavy atom. The normalized spacial score (nSPS) is 23.2. The summed E-state index contributed by atoms with van der Waals surface area (Å²) in [6.45, 7) is 4.10. The number of aliphatic hydroxyl groups is 1. The SMILES string of the molecule is CC1(C)CC(=O)C2C(c3ccc(Cl)cc3Cl)=Nc3c(CO)cccc3NC2C1. The van der Waals surface area contributed by atoms with Gasteiger partial charge in [0.15, 0.2) is 0 Å². The number of benzene rings is 2. The molecule has 0 saturated heterocycles. The van der Waals surface area contributed by atoms with Gasteiger partial charge < -0.3 is 10.4 Å². The molecule has 2 aromatic carbocycles. The van der Waals surface area contributed by atoms with Crippen molar-refractivity contribution in [1.82, 2.24) is 0 Å². The van der Waals surface area contributed by atoms with Crippen molar-refractivity contribution in [1.29, 1.82) is 0 Å². The van der Waals surface area contributed by atoms with Crippen LogP contribution in [0, 0.1) is 11.3 Å². The molecule has 2 unspecified atom stereocenters. The summed E-state index contributed by atoms with van der Waals surface area (Å²) >= 11 is 12.6. The first-order valence-electron chi connectivity index (χ1n) is 9.35. The summed E-state index contributed by atoms with van der Waals surface area (Å²) in [4.78, 5) is 18.1. The standard InChI is InChI=1S/C22H22Cl2N2O2/c1-22(2)9-17-19(18(28)10-22)21(14-7-6-13(23)8-15(14)24)26-20-12(11-27)4-3-5-16(20)25-17/h3-8,17,19,25,27H,9-11H2,1-2H3. The minimum atomic E-state index is -0.411. The Morgan fingerprint density at radius 2 is 2.04 bits per heavy atom. The number of anilines is 1. The number of aliphatic imine (C=N–C) groups is 1. The largest absolute Gasteiger partial charge is 0.392 e. The molecule has 4 rings (SSSR count). The highest BCUT2D eigenvalue weighted by Gasteiger charge is 2.45. The van der Waals surface area contributed by atoms with Crippen molar-refractivity contribution in [2.45, 2.75) is 39.3 Å². The van der Waals surface area contributed by atoms with Crippen LogP contribution in [0.1, 0.15) is 37.8 Å². The van der Waals surface area contributed by atoms with Gasteiger partial charge in [-0.3, -0.25) is 4.79 Å². The maximum atomic E-state index is 13.2. The van der Waals surface area contributed by atoms with Gasteiger partial charge in [0.05, 0.1) is 34.6 Å². The fourth-order valence-electron chi connectivity index (χ4n) is 4.35. The molecule has 0 radical (unpaired) electrons. The zero-order chi connectivity index (χ0) is 20.1. The molecule has 1 aliphatic heterocycles. The molecule has 6 heteroatoms. The molecule has 0 spiro atoms. The zero-order valence-electron chi connectivity index (χ0n) is 15.8. The van der Waals surface area contributed by atoms with Crippen molar-refractivity contribution in [3.63, 3.8) is 0 Å². The molecule has 2 N–H and O–H groups in total. The van der Waals surface area contributed by atoms with Crippen LogP contribution in [0.3, 0.4) is 0 Å². The van der Waals surface area contributed by atoms with Crippen LogP contribution in [-0.4, -0.2) is 22.6 Å². The molecular weight excluding hydrogens is 395 g/mol. The molecule has 4 nitrogen and oxygen atoms in total. The summed E-state index contributed by atoms with van der Waals surface area (Å²) in [6.07, 6.45) is 1.32. The fraction of sp³-hybridized carbons (Fsp3) is 0.364. The molecule has 146 valence electrons. The second kappa shape index (κ2) is 7.18. The Kier molecular flexibility index (Phi) is 4.98. The number of fused-ring (bicyclic) bond motifs is 2. The summed E-state index contributed by atoms with van der Waals surface area (Å²) in [7, 11) is 0. The average molecular weight is 417 g/mol. The summed E-state index contributed by atoms with van der Waals surface area (Å²) in [5, 5.41) is 14.4. The smallest absolute Gasteiger partial charge is 0.144 e. The highest BCUT2D eigenvalue weighted by Crippen LogP contribution is 2.44. The van der Waals surface area contributed by atoms with Crippen molar-refractivity contribution in [2.24, 2.45) is 16.3 Å². The molecule has 28 heavy (non-hydrogen) atoms. The zero-order valence-corrected chi connectivity index (χ0v) is 17.3. The van der Waals surface area contributed by atoms with Crippen LogP contribution in [0.25, 0.3) is 0 Å². The Hall–Kier alpha value is -1.88. The van der Waals surface area contributed by atoms with E-state index in [9.17, 15) is 9.90 Å².